The maximum Gasteiger partial charge on any atom is 0.261 e. The van der Waals surface area contributed by atoms with Crippen LogP contribution in [-0.4, -0.2) is 49.6 Å². The summed E-state index contributed by atoms with van der Waals surface area (Å²) in [6.07, 6.45) is 4.56. The predicted octanol–water partition coefficient (Wildman–Crippen LogP) is 5.26. The molecule has 3 rings (SSSR count). The van der Waals surface area contributed by atoms with E-state index in [9.17, 15) is 9.59 Å². The van der Waals surface area contributed by atoms with Gasteiger partial charge in [-0.2, -0.15) is 0 Å². The molecular formula is C26H32Cl2N2O5. The molecule has 2 aromatic carbocycles. The Morgan fingerprint density at radius 3 is 2.23 bits per heavy atom. The zero-order valence-corrected chi connectivity index (χ0v) is 21.8. The lowest BCUT2D eigenvalue weighted by Gasteiger charge is -2.31. The Kier molecular flexibility index (Phi) is 9.93. The number of halogens is 2. The minimum atomic E-state index is -0.668. The molecule has 0 spiro atoms. The third-order valence-electron chi connectivity index (χ3n) is 6.13. The fourth-order valence-electron chi connectivity index (χ4n) is 4.21. The van der Waals surface area contributed by atoms with E-state index in [4.69, 9.17) is 37.4 Å². The normalized spacial score (nSPS) is 14.3. The highest BCUT2D eigenvalue weighted by atomic mass is 35.5. The summed E-state index contributed by atoms with van der Waals surface area (Å²) < 4.78 is 16.3. The summed E-state index contributed by atoms with van der Waals surface area (Å²) in [7, 11) is 3.08. The number of nitrogens with one attached hydrogen (secondary N) is 1. The van der Waals surface area contributed by atoms with Gasteiger partial charge in [-0.05, 0) is 37.0 Å². The molecule has 0 aromatic heterocycles. The molecule has 0 heterocycles. The molecule has 9 heteroatoms. The number of carbonyl (C=O) groups excluding carboxylic acids is 2. The molecule has 1 atom stereocenters. The number of ether oxygens (including phenoxy) is 3. The number of benzene rings is 2. The standard InChI is InChI=1S/C26H32Cl2N2O5/c1-4-24(26(32)29-19-7-5-6-8-19)30(15-17-9-10-18(27)11-23(17)28)25(31)16-35-22-13-20(33-2)12-21(14-22)34-3/h9-14,19,24H,4-8,15-16H2,1-3H3,(H,29,32)/t24-/m0/s1. The van der Waals surface area contributed by atoms with Crippen LogP contribution < -0.4 is 19.5 Å². The van der Waals surface area contributed by atoms with Crippen LogP contribution in [0.3, 0.4) is 0 Å². The summed E-state index contributed by atoms with van der Waals surface area (Å²) in [6, 6.07) is 9.63. The number of hydrogen-bond acceptors (Lipinski definition) is 5. The number of rotatable bonds is 11. The van der Waals surface area contributed by atoms with Crippen molar-refractivity contribution in [2.45, 2.75) is 57.7 Å². The minimum absolute atomic E-state index is 0.146. The summed E-state index contributed by atoms with van der Waals surface area (Å²) in [5.41, 5.74) is 0.694. The number of nitrogens with zero attached hydrogens (tertiary/aromatic N) is 1. The summed E-state index contributed by atoms with van der Waals surface area (Å²) >= 11 is 12.4. The Morgan fingerprint density at radius 1 is 1.03 bits per heavy atom. The highest BCUT2D eigenvalue weighted by Crippen LogP contribution is 2.28. The lowest BCUT2D eigenvalue weighted by molar-refractivity contribution is -0.143. The third-order valence-corrected chi connectivity index (χ3v) is 6.72. The van der Waals surface area contributed by atoms with E-state index < -0.39 is 6.04 Å². The van der Waals surface area contributed by atoms with Crippen LogP contribution >= 0.6 is 23.2 Å². The van der Waals surface area contributed by atoms with Gasteiger partial charge in [0.2, 0.25) is 5.91 Å². The van der Waals surface area contributed by atoms with Gasteiger partial charge in [-0.1, -0.05) is 49.0 Å². The van der Waals surface area contributed by atoms with Gasteiger partial charge in [0.15, 0.2) is 6.61 Å². The molecule has 0 unspecified atom stereocenters. The molecule has 1 N–H and O–H groups in total. The van der Waals surface area contributed by atoms with Crippen LogP contribution in [0.4, 0.5) is 0 Å². The first-order chi connectivity index (χ1) is 16.8. The molecule has 1 aliphatic carbocycles. The van der Waals surface area contributed by atoms with Gasteiger partial charge in [-0.15, -0.1) is 0 Å². The number of hydrogen-bond donors (Lipinski definition) is 1. The average molecular weight is 523 g/mol. The molecule has 0 radical (unpaired) electrons. The van der Waals surface area contributed by atoms with Crippen molar-refractivity contribution in [3.63, 3.8) is 0 Å². The van der Waals surface area contributed by atoms with Gasteiger partial charge in [0.1, 0.15) is 23.3 Å². The van der Waals surface area contributed by atoms with Gasteiger partial charge in [0.05, 0.1) is 14.2 Å². The molecule has 2 aromatic rings. The van der Waals surface area contributed by atoms with Crippen LogP contribution in [0.2, 0.25) is 10.0 Å². The van der Waals surface area contributed by atoms with E-state index in [-0.39, 0.29) is 31.0 Å². The second kappa shape index (κ2) is 12.9. The van der Waals surface area contributed by atoms with Gasteiger partial charge in [0.25, 0.3) is 5.91 Å². The molecule has 0 aliphatic heterocycles. The fraction of sp³-hybridized carbons (Fsp3) is 0.462. The Balaban J connectivity index is 1.81. The third kappa shape index (κ3) is 7.42. The summed E-state index contributed by atoms with van der Waals surface area (Å²) in [5.74, 6) is 0.993. The molecule has 35 heavy (non-hydrogen) atoms. The van der Waals surface area contributed by atoms with Gasteiger partial charge in [-0.25, -0.2) is 0 Å². The van der Waals surface area contributed by atoms with Gasteiger partial charge in [0, 0.05) is 40.8 Å². The van der Waals surface area contributed by atoms with Crippen LogP contribution in [0, 0.1) is 0 Å². The van der Waals surface area contributed by atoms with Gasteiger partial charge in [-0.3, -0.25) is 9.59 Å². The molecule has 0 bridgehead atoms. The summed E-state index contributed by atoms with van der Waals surface area (Å²) in [4.78, 5) is 28.2. The SMILES string of the molecule is CC[C@@H](C(=O)NC1CCCC1)N(Cc1ccc(Cl)cc1Cl)C(=O)COc1cc(OC)cc(OC)c1. The maximum absolute atomic E-state index is 13.4. The zero-order valence-electron chi connectivity index (χ0n) is 20.3. The van der Waals surface area contributed by atoms with E-state index in [1.807, 2.05) is 6.92 Å². The van der Waals surface area contributed by atoms with Gasteiger partial charge >= 0.3 is 0 Å². The predicted molar refractivity (Wildman–Crippen MR) is 137 cm³/mol. The second-order valence-corrected chi connectivity index (χ2v) is 9.35. The van der Waals surface area contributed by atoms with Crippen molar-refractivity contribution in [3.05, 3.63) is 52.0 Å². The highest BCUT2D eigenvalue weighted by molar-refractivity contribution is 6.35. The smallest absolute Gasteiger partial charge is 0.261 e. The number of methoxy groups -OCH3 is 2. The van der Waals surface area contributed by atoms with Crippen molar-refractivity contribution in [1.82, 2.24) is 10.2 Å². The van der Waals surface area contributed by atoms with Gasteiger partial charge < -0.3 is 24.4 Å². The molecule has 190 valence electrons. The van der Waals surface area contributed by atoms with Crippen molar-refractivity contribution in [2.75, 3.05) is 20.8 Å². The van der Waals surface area contributed by atoms with E-state index in [0.29, 0.717) is 39.3 Å². The van der Waals surface area contributed by atoms with E-state index in [1.54, 1.807) is 36.4 Å². The van der Waals surface area contributed by atoms with E-state index in [1.165, 1.54) is 19.1 Å². The lowest BCUT2D eigenvalue weighted by atomic mass is 10.1. The molecule has 1 fully saturated rings. The monoisotopic (exact) mass is 522 g/mol. The fourth-order valence-corrected chi connectivity index (χ4v) is 4.68. The quantitative estimate of drug-likeness (QED) is 0.435. The van der Waals surface area contributed by atoms with Crippen molar-refractivity contribution in [1.29, 1.82) is 0 Å². The molecular weight excluding hydrogens is 491 g/mol. The molecule has 2 amide bonds. The maximum atomic E-state index is 13.4. The Hall–Kier alpha value is -2.64. The van der Waals surface area contributed by atoms with E-state index in [2.05, 4.69) is 5.32 Å². The first-order valence-corrected chi connectivity index (χ1v) is 12.5. The molecule has 0 saturated heterocycles. The average Bonchev–Trinajstić information content (AvgIpc) is 3.36. The number of carbonyl (C=O) groups is 2. The lowest BCUT2D eigenvalue weighted by Crippen LogP contribution is -2.52. The van der Waals surface area contributed by atoms with Crippen LogP contribution in [0.25, 0.3) is 0 Å². The molecule has 1 saturated carbocycles. The van der Waals surface area contributed by atoms with Crippen LogP contribution in [0.1, 0.15) is 44.6 Å². The zero-order chi connectivity index (χ0) is 25.4. The second-order valence-electron chi connectivity index (χ2n) is 8.51. The van der Waals surface area contributed by atoms with Crippen LogP contribution in [0.5, 0.6) is 17.2 Å². The van der Waals surface area contributed by atoms with Crippen molar-refractivity contribution < 1.29 is 23.8 Å². The minimum Gasteiger partial charge on any atom is -0.496 e. The molecule has 7 nitrogen and oxygen atoms in total. The Morgan fingerprint density at radius 2 is 1.66 bits per heavy atom. The summed E-state index contributed by atoms with van der Waals surface area (Å²) in [5, 5.41) is 4.05. The topological polar surface area (TPSA) is 77.1 Å². The first kappa shape index (κ1) is 27.0. The van der Waals surface area contributed by atoms with Crippen LogP contribution in [0.15, 0.2) is 36.4 Å². The Labute approximate surface area is 216 Å². The number of amides is 2. The van der Waals surface area contributed by atoms with Crippen molar-refractivity contribution >= 4 is 35.0 Å². The van der Waals surface area contributed by atoms with E-state index in [0.717, 1.165) is 25.7 Å². The highest BCUT2D eigenvalue weighted by Gasteiger charge is 2.31. The van der Waals surface area contributed by atoms with Crippen molar-refractivity contribution in [2.24, 2.45) is 0 Å². The first-order valence-electron chi connectivity index (χ1n) is 11.7. The Bertz CT molecular complexity index is 1000. The van der Waals surface area contributed by atoms with E-state index >= 15 is 0 Å². The van der Waals surface area contributed by atoms with Crippen LogP contribution in [-0.2, 0) is 16.1 Å². The van der Waals surface area contributed by atoms with Crippen molar-refractivity contribution in [3.8, 4) is 17.2 Å². The summed E-state index contributed by atoms with van der Waals surface area (Å²) in [6.45, 7) is 1.77. The molecule has 1 aliphatic rings. The largest absolute Gasteiger partial charge is 0.496 e.